The number of hydrogen-bond donors (Lipinski definition) is 2. The number of carbonyl (C=O) groups excluding carboxylic acids is 2. The number of halogens is 1. The van der Waals surface area contributed by atoms with Gasteiger partial charge in [0.25, 0.3) is 5.91 Å². The van der Waals surface area contributed by atoms with Crippen LogP contribution in [-0.2, 0) is 4.79 Å². The Morgan fingerprint density at radius 3 is 2.38 bits per heavy atom. The molecule has 3 aromatic carbocycles. The maximum atomic E-state index is 13.2. The molecule has 0 saturated heterocycles. The standard InChI is InChI=1S/C23H19FN2O3/c1-29-21-12-5-4-11-20(21)26-23(28)18-9-2-3-10-19(18)25-22(27)14-13-16-7-6-8-17(24)15-16/h2-15H,1H3,(H,25,27)(H,26,28)/b14-13+. The highest BCUT2D eigenvalue weighted by atomic mass is 19.1. The van der Waals surface area contributed by atoms with Gasteiger partial charge in [-0.25, -0.2) is 4.39 Å². The molecule has 2 N–H and O–H groups in total. The zero-order chi connectivity index (χ0) is 20.6. The summed E-state index contributed by atoms with van der Waals surface area (Å²) in [6.07, 6.45) is 2.78. The number of ether oxygens (including phenoxy) is 1. The lowest BCUT2D eigenvalue weighted by Crippen LogP contribution is -2.17. The molecular weight excluding hydrogens is 371 g/mol. The predicted octanol–water partition coefficient (Wildman–Crippen LogP) is 4.74. The van der Waals surface area contributed by atoms with Crippen LogP contribution in [0.5, 0.6) is 5.75 Å². The van der Waals surface area contributed by atoms with Crippen LogP contribution in [0.15, 0.2) is 78.9 Å². The Morgan fingerprint density at radius 2 is 1.62 bits per heavy atom. The number of anilines is 2. The Morgan fingerprint density at radius 1 is 0.897 bits per heavy atom. The van der Waals surface area contributed by atoms with Gasteiger partial charge >= 0.3 is 0 Å². The van der Waals surface area contributed by atoms with Gasteiger partial charge < -0.3 is 15.4 Å². The van der Waals surface area contributed by atoms with Gasteiger partial charge in [-0.1, -0.05) is 36.4 Å². The Bertz CT molecular complexity index is 1060. The van der Waals surface area contributed by atoms with E-state index < -0.39 is 5.91 Å². The molecule has 0 bridgehead atoms. The highest BCUT2D eigenvalue weighted by Gasteiger charge is 2.14. The predicted molar refractivity (Wildman–Crippen MR) is 111 cm³/mol. The molecule has 0 spiro atoms. The Hall–Kier alpha value is -3.93. The van der Waals surface area contributed by atoms with Gasteiger partial charge in [-0.05, 0) is 48.0 Å². The fourth-order valence-electron chi connectivity index (χ4n) is 2.68. The normalized spacial score (nSPS) is 10.6. The van der Waals surface area contributed by atoms with Crippen LogP contribution in [0, 0.1) is 5.82 Å². The van der Waals surface area contributed by atoms with Crippen molar-refractivity contribution in [2.75, 3.05) is 17.7 Å². The van der Waals surface area contributed by atoms with Crippen molar-refractivity contribution in [2.45, 2.75) is 0 Å². The van der Waals surface area contributed by atoms with Gasteiger partial charge in [-0.15, -0.1) is 0 Å². The van der Waals surface area contributed by atoms with Crippen molar-refractivity contribution in [3.63, 3.8) is 0 Å². The largest absolute Gasteiger partial charge is 0.495 e. The van der Waals surface area contributed by atoms with E-state index in [9.17, 15) is 14.0 Å². The lowest BCUT2D eigenvalue weighted by atomic mass is 10.1. The van der Waals surface area contributed by atoms with Gasteiger partial charge in [0.2, 0.25) is 5.91 Å². The van der Waals surface area contributed by atoms with E-state index in [-0.39, 0.29) is 11.7 Å². The lowest BCUT2D eigenvalue weighted by Gasteiger charge is -2.12. The van der Waals surface area contributed by atoms with Crippen LogP contribution in [0.4, 0.5) is 15.8 Å². The molecule has 5 nitrogen and oxygen atoms in total. The van der Waals surface area contributed by atoms with Crippen molar-refractivity contribution in [3.05, 3.63) is 95.8 Å². The maximum absolute atomic E-state index is 13.2. The van der Waals surface area contributed by atoms with Crippen LogP contribution in [0.2, 0.25) is 0 Å². The summed E-state index contributed by atoms with van der Waals surface area (Å²) in [7, 11) is 1.52. The summed E-state index contributed by atoms with van der Waals surface area (Å²) < 4.78 is 18.5. The quantitative estimate of drug-likeness (QED) is 0.598. The summed E-state index contributed by atoms with van der Waals surface area (Å²) in [5.74, 6) is -0.683. The average Bonchev–Trinajstić information content (AvgIpc) is 2.73. The number of para-hydroxylation sites is 3. The van der Waals surface area contributed by atoms with Gasteiger partial charge in [0.15, 0.2) is 0 Å². The zero-order valence-corrected chi connectivity index (χ0v) is 15.7. The van der Waals surface area contributed by atoms with E-state index in [2.05, 4.69) is 10.6 Å². The fourth-order valence-corrected chi connectivity index (χ4v) is 2.68. The summed E-state index contributed by atoms with van der Waals surface area (Å²) in [6, 6.07) is 19.6. The molecule has 0 aliphatic rings. The molecule has 0 heterocycles. The molecule has 3 rings (SSSR count). The van der Waals surface area contributed by atoms with E-state index in [4.69, 9.17) is 4.74 Å². The second-order valence-electron chi connectivity index (χ2n) is 6.08. The number of benzene rings is 3. The number of carbonyl (C=O) groups is 2. The highest BCUT2D eigenvalue weighted by molar-refractivity contribution is 6.12. The van der Waals surface area contributed by atoms with E-state index in [0.717, 1.165) is 0 Å². The summed E-state index contributed by atoms with van der Waals surface area (Å²) in [4.78, 5) is 25.0. The first kappa shape index (κ1) is 19.8. The van der Waals surface area contributed by atoms with Crippen molar-refractivity contribution in [1.82, 2.24) is 0 Å². The van der Waals surface area contributed by atoms with Gasteiger partial charge in [0, 0.05) is 6.08 Å². The van der Waals surface area contributed by atoms with Crippen molar-refractivity contribution in [3.8, 4) is 5.75 Å². The van der Waals surface area contributed by atoms with Crippen molar-refractivity contribution < 1.29 is 18.7 Å². The molecule has 0 saturated carbocycles. The maximum Gasteiger partial charge on any atom is 0.257 e. The van der Waals surface area contributed by atoms with Crippen LogP contribution in [0.1, 0.15) is 15.9 Å². The minimum absolute atomic E-state index is 0.297. The summed E-state index contributed by atoms with van der Waals surface area (Å²) in [5, 5.41) is 5.46. The molecule has 146 valence electrons. The summed E-state index contributed by atoms with van der Waals surface area (Å²) >= 11 is 0. The van der Waals surface area contributed by atoms with E-state index >= 15 is 0 Å². The summed E-state index contributed by atoms with van der Waals surface area (Å²) in [5.41, 5.74) is 1.73. The number of nitrogens with one attached hydrogen (secondary N) is 2. The van der Waals surface area contributed by atoms with Crippen molar-refractivity contribution in [1.29, 1.82) is 0 Å². The third kappa shape index (κ3) is 5.29. The molecule has 0 atom stereocenters. The second kappa shape index (κ2) is 9.32. The van der Waals surface area contributed by atoms with Gasteiger partial charge in [0.05, 0.1) is 24.0 Å². The number of amides is 2. The molecule has 0 aliphatic heterocycles. The van der Waals surface area contributed by atoms with Crippen LogP contribution >= 0.6 is 0 Å². The van der Waals surface area contributed by atoms with Crippen LogP contribution in [0.3, 0.4) is 0 Å². The molecule has 3 aromatic rings. The first-order valence-corrected chi connectivity index (χ1v) is 8.85. The molecule has 0 aromatic heterocycles. The van der Waals surface area contributed by atoms with E-state index in [1.165, 1.54) is 31.4 Å². The van der Waals surface area contributed by atoms with E-state index in [1.54, 1.807) is 60.7 Å². The molecule has 0 aliphatic carbocycles. The Labute approximate surface area is 167 Å². The zero-order valence-electron chi connectivity index (χ0n) is 15.7. The lowest BCUT2D eigenvalue weighted by molar-refractivity contribution is -0.111. The number of rotatable bonds is 6. The molecule has 2 amide bonds. The van der Waals surface area contributed by atoms with Crippen molar-refractivity contribution in [2.24, 2.45) is 0 Å². The van der Waals surface area contributed by atoms with Gasteiger partial charge in [0.1, 0.15) is 11.6 Å². The minimum Gasteiger partial charge on any atom is -0.495 e. The average molecular weight is 390 g/mol. The molecule has 6 heteroatoms. The topological polar surface area (TPSA) is 67.4 Å². The smallest absolute Gasteiger partial charge is 0.257 e. The first-order chi connectivity index (χ1) is 14.1. The highest BCUT2D eigenvalue weighted by Crippen LogP contribution is 2.25. The number of hydrogen-bond acceptors (Lipinski definition) is 3. The third-order valence-electron chi connectivity index (χ3n) is 4.06. The molecule has 0 unspecified atom stereocenters. The first-order valence-electron chi connectivity index (χ1n) is 8.85. The van der Waals surface area contributed by atoms with Crippen molar-refractivity contribution >= 4 is 29.3 Å². The van der Waals surface area contributed by atoms with Crippen LogP contribution < -0.4 is 15.4 Å². The fraction of sp³-hybridized carbons (Fsp3) is 0.0435. The van der Waals surface area contributed by atoms with Crippen LogP contribution in [0.25, 0.3) is 6.08 Å². The van der Waals surface area contributed by atoms with Crippen LogP contribution in [-0.4, -0.2) is 18.9 Å². The second-order valence-corrected chi connectivity index (χ2v) is 6.08. The van der Waals surface area contributed by atoms with E-state index in [0.29, 0.717) is 28.3 Å². The molecule has 0 radical (unpaired) electrons. The monoisotopic (exact) mass is 390 g/mol. The molecular formula is C23H19FN2O3. The minimum atomic E-state index is -0.438. The molecule has 29 heavy (non-hydrogen) atoms. The molecule has 0 fully saturated rings. The number of methoxy groups -OCH3 is 1. The van der Waals surface area contributed by atoms with E-state index in [1.807, 2.05) is 0 Å². The Balaban J connectivity index is 1.74. The summed E-state index contributed by atoms with van der Waals surface area (Å²) in [6.45, 7) is 0. The SMILES string of the molecule is COc1ccccc1NC(=O)c1ccccc1NC(=O)/C=C/c1cccc(F)c1. The third-order valence-corrected chi connectivity index (χ3v) is 4.06. The van der Waals surface area contributed by atoms with Gasteiger partial charge in [-0.2, -0.15) is 0 Å². The Kier molecular flexibility index (Phi) is 6.37. The van der Waals surface area contributed by atoms with Gasteiger partial charge in [-0.3, -0.25) is 9.59 Å².